The molecule has 74 valence electrons. The summed E-state index contributed by atoms with van der Waals surface area (Å²) >= 11 is 1.68. The molecule has 0 saturated carbocycles. The standard InChI is InChI=1S/C10H7N3OS/c14-10-7-5-11-9(7)8(12-13-10)4-6-2-1-3-15-6/h1-3,5H,4H2,(H,13,14). The third-order valence-electron chi connectivity index (χ3n) is 2.31. The zero-order chi connectivity index (χ0) is 10.3. The van der Waals surface area contributed by atoms with Gasteiger partial charge >= 0.3 is 0 Å². The molecule has 3 heterocycles. The summed E-state index contributed by atoms with van der Waals surface area (Å²) in [4.78, 5) is 16.5. The van der Waals surface area contributed by atoms with Crippen molar-refractivity contribution >= 4 is 17.5 Å². The average molecular weight is 217 g/mol. The maximum absolute atomic E-state index is 11.2. The van der Waals surface area contributed by atoms with Crippen molar-refractivity contribution in [3.63, 3.8) is 0 Å². The lowest BCUT2D eigenvalue weighted by Gasteiger charge is -2.02. The van der Waals surface area contributed by atoms with E-state index in [-0.39, 0.29) is 5.56 Å². The molecule has 0 aliphatic carbocycles. The van der Waals surface area contributed by atoms with Crippen molar-refractivity contribution in [1.29, 1.82) is 0 Å². The highest BCUT2D eigenvalue weighted by molar-refractivity contribution is 7.09. The molecular weight excluding hydrogens is 210 g/mol. The van der Waals surface area contributed by atoms with Crippen LogP contribution in [0.1, 0.15) is 10.6 Å². The lowest BCUT2D eigenvalue weighted by atomic mass is 10.2. The van der Waals surface area contributed by atoms with Crippen molar-refractivity contribution in [2.45, 2.75) is 6.42 Å². The monoisotopic (exact) mass is 217 g/mol. The highest BCUT2D eigenvalue weighted by atomic mass is 32.1. The summed E-state index contributed by atoms with van der Waals surface area (Å²) in [5.74, 6) is 0. The van der Waals surface area contributed by atoms with E-state index < -0.39 is 0 Å². The largest absolute Gasteiger partial charge is 0.275 e. The van der Waals surface area contributed by atoms with E-state index in [0.717, 1.165) is 17.5 Å². The van der Waals surface area contributed by atoms with Crippen LogP contribution in [0.5, 0.6) is 0 Å². The molecule has 0 amide bonds. The van der Waals surface area contributed by atoms with E-state index in [2.05, 4.69) is 15.2 Å². The molecule has 15 heavy (non-hydrogen) atoms. The third-order valence-corrected chi connectivity index (χ3v) is 3.19. The number of thiophene rings is 1. The van der Waals surface area contributed by atoms with E-state index in [1.54, 1.807) is 17.5 Å². The van der Waals surface area contributed by atoms with Crippen LogP contribution in [-0.2, 0) is 6.42 Å². The minimum Gasteiger partial charge on any atom is -0.267 e. The molecule has 4 nitrogen and oxygen atoms in total. The van der Waals surface area contributed by atoms with Crippen molar-refractivity contribution < 1.29 is 0 Å². The number of fused-ring (bicyclic) bond motifs is 1. The second-order valence-corrected chi connectivity index (χ2v) is 4.31. The fourth-order valence-corrected chi connectivity index (χ4v) is 2.23. The molecule has 1 aliphatic heterocycles. The molecule has 0 atom stereocenters. The molecule has 0 bridgehead atoms. The molecule has 1 N–H and O–H groups in total. The van der Waals surface area contributed by atoms with Gasteiger partial charge in [0.25, 0.3) is 5.56 Å². The summed E-state index contributed by atoms with van der Waals surface area (Å²) in [5.41, 5.74) is 0.685. The first kappa shape index (κ1) is 8.55. The van der Waals surface area contributed by atoms with Crippen LogP contribution in [0.15, 0.2) is 27.3 Å². The first-order valence-corrected chi connectivity index (χ1v) is 5.40. The number of nitrogens with one attached hydrogen (secondary N) is 1. The number of H-pyrrole nitrogens is 1. The van der Waals surface area contributed by atoms with Gasteiger partial charge in [-0.25, -0.2) is 5.10 Å². The van der Waals surface area contributed by atoms with Crippen LogP contribution in [0, 0.1) is 0 Å². The molecule has 0 spiro atoms. The van der Waals surface area contributed by atoms with E-state index in [9.17, 15) is 4.79 Å². The second kappa shape index (κ2) is 3.13. The summed E-state index contributed by atoms with van der Waals surface area (Å²) < 4.78 is 0. The second-order valence-electron chi connectivity index (χ2n) is 3.28. The van der Waals surface area contributed by atoms with Crippen LogP contribution in [-0.4, -0.2) is 10.2 Å². The minimum absolute atomic E-state index is 0.157. The van der Waals surface area contributed by atoms with Gasteiger partial charge in [-0.15, -0.1) is 11.3 Å². The minimum atomic E-state index is -0.157. The lowest BCUT2D eigenvalue weighted by Crippen LogP contribution is -2.48. The molecule has 1 aliphatic rings. The molecular formula is C10H7N3OS. The number of hydrogen-bond donors (Lipinski definition) is 1. The molecule has 0 fully saturated rings. The van der Waals surface area contributed by atoms with Crippen LogP contribution < -0.4 is 16.1 Å². The Bertz CT molecular complexity index is 670. The van der Waals surface area contributed by atoms with Crippen molar-refractivity contribution in [2.24, 2.45) is 4.99 Å². The summed E-state index contributed by atoms with van der Waals surface area (Å²) in [5, 5.41) is 9.92. The van der Waals surface area contributed by atoms with Crippen molar-refractivity contribution in [3.05, 3.63) is 49.0 Å². The van der Waals surface area contributed by atoms with Gasteiger partial charge in [0.2, 0.25) is 0 Å². The molecule has 2 aromatic rings. The Hall–Kier alpha value is -1.75. The van der Waals surface area contributed by atoms with E-state index in [0.29, 0.717) is 5.22 Å². The van der Waals surface area contributed by atoms with Crippen LogP contribution >= 0.6 is 11.3 Å². The molecule has 0 saturated heterocycles. The van der Waals surface area contributed by atoms with Crippen LogP contribution in [0.2, 0.25) is 0 Å². The van der Waals surface area contributed by atoms with Gasteiger partial charge in [-0.3, -0.25) is 9.79 Å². The van der Waals surface area contributed by atoms with Crippen LogP contribution in [0.25, 0.3) is 6.20 Å². The fraction of sp³-hybridized carbons (Fsp3) is 0.100. The molecule has 0 aromatic carbocycles. The van der Waals surface area contributed by atoms with Crippen LogP contribution in [0.4, 0.5) is 0 Å². The quantitative estimate of drug-likeness (QED) is 0.757. The van der Waals surface area contributed by atoms with Gasteiger partial charge in [0.05, 0.1) is 10.9 Å². The van der Waals surface area contributed by atoms with Gasteiger partial charge < -0.3 is 0 Å². The summed E-state index contributed by atoms with van der Waals surface area (Å²) in [6, 6.07) is 4.05. The van der Waals surface area contributed by atoms with E-state index in [1.807, 2.05) is 17.5 Å². The zero-order valence-electron chi connectivity index (χ0n) is 7.73. The SMILES string of the molecule is O=c1[nH]nc(Cc2cccs2)c2c1=CN=2. The van der Waals surface area contributed by atoms with Gasteiger partial charge in [0.1, 0.15) is 5.36 Å². The Morgan fingerprint density at radius 1 is 1.47 bits per heavy atom. The van der Waals surface area contributed by atoms with Crippen LogP contribution in [0.3, 0.4) is 0 Å². The Kier molecular flexibility index (Phi) is 1.78. The molecule has 3 rings (SSSR count). The number of aromatic amines is 1. The highest BCUT2D eigenvalue weighted by Crippen LogP contribution is 2.10. The van der Waals surface area contributed by atoms with E-state index in [4.69, 9.17) is 0 Å². The topological polar surface area (TPSA) is 58.1 Å². The van der Waals surface area contributed by atoms with Gasteiger partial charge in [0.15, 0.2) is 0 Å². The number of hydrogen-bond acceptors (Lipinski definition) is 4. The Morgan fingerprint density at radius 2 is 2.40 bits per heavy atom. The molecule has 2 aromatic heterocycles. The Balaban J connectivity index is 2.09. The maximum atomic E-state index is 11.2. The molecule has 0 radical (unpaired) electrons. The third kappa shape index (κ3) is 1.32. The molecule has 5 heteroatoms. The number of rotatable bonds is 2. The normalized spacial score (nSPS) is 12.3. The number of aromatic nitrogens is 2. The number of nitrogens with zero attached hydrogens (tertiary/aromatic N) is 2. The van der Waals surface area contributed by atoms with Gasteiger partial charge in [-0.2, -0.15) is 5.10 Å². The molecule has 0 unspecified atom stereocenters. The fourth-order valence-electron chi connectivity index (χ4n) is 1.52. The van der Waals surface area contributed by atoms with Crippen molar-refractivity contribution in [1.82, 2.24) is 10.2 Å². The first-order valence-electron chi connectivity index (χ1n) is 4.52. The summed E-state index contributed by atoms with van der Waals surface area (Å²) in [7, 11) is 0. The maximum Gasteiger partial charge on any atom is 0.275 e. The van der Waals surface area contributed by atoms with Crippen molar-refractivity contribution in [2.75, 3.05) is 0 Å². The zero-order valence-corrected chi connectivity index (χ0v) is 8.54. The smallest absolute Gasteiger partial charge is 0.267 e. The van der Waals surface area contributed by atoms with Gasteiger partial charge in [-0.1, -0.05) is 6.07 Å². The Labute approximate surface area is 88.6 Å². The average Bonchev–Trinajstić information content (AvgIpc) is 2.63. The lowest BCUT2D eigenvalue weighted by molar-refractivity contribution is 0.864. The van der Waals surface area contributed by atoms with Gasteiger partial charge in [-0.05, 0) is 11.4 Å². The predicted molar refractivity (Wildman–Crippen MR) is 57.2 cm³/mol. The highest BCUT2D eigenvalue weighted by Gasteiger charge is 2.09. The van der Waals surface area contributed by atoms with E-state index >= 15 is 0 Å². The van der Waals surface area contributed by atoms with E-state index in [1.165, 1.54) is 4.88 Å². The first-order chi connectivity index (χ1) is 7.34. The van der Waals surface area contributed by atoms with Gasteiger partial charge in [0, 0.05) is 17.5 Å². The predicted octanol–water partition coefficient (Wildman–Crippen LogP) is -0.207. The summed E-state index contributed by atoms with van der Waals surface area (Å²) in [6.45, 7) is 0. The van der Waals surface area contributed by atoms with Crippen molar-refractivity contribution in [3.8, 4) is 0 Å². The summed E-state index contributed by atoms with van der Waals surface area (Å²) in [6.07, 6.45) is 2.31. The Morgan fingerprint density at radius 3 is 3.07 bits per heavy atom.